The maximum atomic E-state index is 12.1. The van der Waals surface area contributed by atoms with Gasteiger partial charge in [-0.15, -0.1) is 10.2 Å². The molecule has 0 amide bonds. The number of carbonyl (C=O) groups is 1. The Morgan fingerprint density at radius 1 is 1.30 bits per heavy atom. The summed E-state index contributed by atoms with van der Waals surface area (Å²) in [6.45, 7) is 2.82. The molecule has 0 aliphatic heterocycles. The predicted octanol–water partition coefficient (Wildman–Crippen LogP) is 3.58. The van der Waals surface area contributed by atoms with Gasteiger partial charge in [-0.25, -0.2) is 0 Å². The van der Waals surface area contributed by atoms with E-state index in [1.165, 1.54) is 0 Å². The van der Waals surface area contributed by atoms with E-state index in [4.69, 9.17) is 4.74 Å². The van der Waals surface area contributed by atoms with Crippen LogP contribution in [-0.4, -0.2) is 32.9 Å². The lowest BCUT2D eigenvalue weighted by molar-refractivity contribution is -0.119. The molecular formula is C17H21N3O2S. The third-order valence-electron chi connectivity index (χ3n) is 4.13. The van der Waals surface area contributed by atoms with Gasteiger partial charge in [0.05, 0.1) is 17.9 Å². The van der Waals surface area contributed by atoms with Crippen LogP contribution in [0.3, 0.4) is 0 Å². The number of carbonyl (C=O) groups excluding carboxylic acids is 1. The Hall–Kier alpha value is -1.82. The number of nitrogens with zero attached hydrogens (tertiary/aromatic N) is 3. The minimum atomic E-state index is 0.0174. The molecule has 1 aromatic heterocycles. The average Bonchev–Trinajstić information content (AvgIpc) is 2.99. The van der Waals surface area contributed by atoms with Crippen LogP contribution >= 0.6 is 11.8 Å². The summed E-state index contributed by atoms with van der Waals surface area (Å²) >= 11 is 1.55. The Balaban J connectivity index is 1.92. The second-order valence-electron chi connectivity index (χ2n) is 5.57. The number of rotatable bonds is 5. The van der Waals surface area contributed by atoms with E-state index in [9.17, 15) is 4.79 Å². The number of thioether (sulfide) groups is 1. The smallest absolute Gasteiger partial charge is 0.192 e. The number of aromatic nitrogens is 3. The molecule has 1 aromatic carbocycles. The molecule has 1 heterocycles. The first-order valence-electron chi connectivity index (χ1n) is 8.00. The monoisotopic (exact) mass is 331 g/mol. The van der Waals surface area contributed by atoms with Gasteiger partial charge in [0.2, 0.25) is 0 Å². The van der Waals surface area contributed by atoms with Crippen LogP contribution in [0.15, 0.2) is 29.4 Å². The van der Waals surface area contributed by atoms with Crippen LogP contribution in [0.2, 0.25) is 0 Å². The maximum Gasteiger partial charge on any atom is 0.192 e. The molecule has 6 heteroatoms. The van der Waals surface area contributed by atoms with Crippen LogP contribution in [0.25, 0.3) is 11.4 Å². The molecular weight excluding hydrogens is 310 g/mol. The Morgan fingerprint density at radius 2 is 2.13 bits per heavy atom. The molecule has 122 valence electrons. The van der Waals surface area contributed by atoms with Gasteiger partial charge >= 0.3 is 0 Å². The summed E-state index contributed by atoms with van der Waals surface area (Å²) in [4.78, 5) is 12.1. The topological polar surface area (TPSA) is 57.0 Å². The zero-order valence-corrected chi connectivity index (χ0v) is 14.3. The summed E-state index contributed by atoms with van der Waals surface area (Å²) in [5, 5.41) is 9.52. The molecule has 0 radical (unpaired) electrons. The average molecular weight is 331 g/mol. The minimum absolute atomic E-state index is 0.0174. The largest absolute Gasteiger partial charge is 0.496 e. The molecule has 0 unspecified atom stereocenters. The van der Waals surface area contributed by atoms with Crippen LogP contribution in [-0.2, 0) is 11.3 Å². The van der Waals surface area contributed by atoms with E-state index in [0.717, 1.165) is 48.1 Å². The van der Waals surface area contributed by atoms with Crippen molar-refractivity contribution in [1.82, 2.24) is 14.8 Å². The Labute approximate surface area is 140 Å². The van der Waals surface area contributed by atoms with Crippen molar-refractivity contribution < 1.29 is 9.53 Å². The first-order chi connectivity index (χ1) is 11.2. The maximum absolute atomic E-state index is 12.1. The zero-order valence-electron chi connectivity index (χ0n) is 13.5. The number of Topliss-reactive ketones (excluding diaryl/α,β-unsaturated/α-hetero) is 1. The van der Waals surface area contributed by atoms with Gasteiger partial charge < -0.3 is 9.30 Å². The van der Waals surface area contributed by atoms with Gasteiger partial charge in [0.15, 0.2) is 11.0 Å². The van der Waals surface area contributed by atoms with Crippen molar-refractivity contribution in [3.8, 4) is 17.1 Å². The highest BCUT2D eigenvalue weighted by Crippen LogP contribution is 2.34. The second-order valence-corrected chi connectivity index (χ2v) is 6.74. The van der Waals surface area contributed by atoms with Crippen molar-refractivity contribution in [3.05, 3.63) is 24.3 Å². The van der Waals surface area contributed by atoms with E-state index < -0.39 is 0 Å². The Morgan fingerprint density at radius 3 is 2.87 bits per heavy atom. The summed E-state index contributed by atoms with van der Waals surface area (Å²) in [6, 6.07) is 7.80. The summed E-state index contributed by atoms with van der Waals surface area (Å²) in [7, 11) is 1.65. The van der Waals surface area contributed by atoms with Crippen LogP contribution in [0.1, 0.15) is 32.6 Å². The van der Waals surface area contributed by atoms with E-state index >= 15 is 0 Å². The molecule has 3 rings (SSSR count). The van der Waals surface area contributed by atoms with Crippen molar-refractivity contribution in [3.63, 3.8) is 0 Å². The number of methoxy groups -OCH3 is 1. The molecule has 0 bridgehead atoms. The molecule has 1 fully saturated rings. The standard InChI is InChI=1S/C17H21N3O2S/c1-3-20-16(12-8-4-6-10-14(12)22-2)18-19-17(20)23-15-11-7-5-9-13(15)21/h4,6,8,10,15H,3,5,7,9,11H2,1-2H3/t15-/m1/s1. The SMILES string of the molecule is CCn1c(S[C@@H]2CCCCC2=O)nnc1-c1ccccc1OC. The summed E-state index contributed by atoms with van der Waals surface area (Å²) < 4.78 is 7.49. The predicted molar refractivity (Wildman–Crippen MR) is 90.8 cm³/mol. The highest BCUT2D eigenvalue weighted by molar-refractivity contribution is 8.00. The highest BCUT2D eigenvalue weighted by Gasteiger charge is 2.26. The van der Waals surface area contributed by atoms with Gasteiger partial charge in [0.25, 0.3) is 0 Å². The molecule has 23 heavy (non-hydrogen) atoms. The van der Waals surface area contributed by atoms with Gasteiger partial charge in [0.1, 0.15) is 11.5 Å². The first kappa shape index (κ1) is 16.1. The summed E-state index contributed by atoms with van der Waals surface area (Å²) in [5.74, 6) is 1.90. The van der Waals surface area contributed by atoms with Gasteiger partial charge in [-0.2, -0.15) is 0 Å². The lowest BCUT2D eigenvalue weighted by atomic mass is 9.99. The Kier molecular flexibility index (Phi) is 5.00. The van der Waals surface area contributed by atoms with Crippen LogP contribution in [0, 0.1) is 0 Å². The fourth-order valence-corrected chi connectivity index (χ4v) is 4.11. The van der Waals surface area contributed by atoms with Crippen LogP contribution in [0.5, 0.6) is 5.75 Å². The van der Waals surface area contributed by atoms with Gasteiger partial charge in [0, 0.05) is 13.0 Å². The fraction of sp³-hybridized carbons (Fsp3) is 0.471. The number of benzene rings is 1. The molecule has 2 aromatic rings. The molecule has 1 saturated carbocycles. The van der Waals surface area contributed by atoms with Gasteiger partial charge in [-0.05, 0) is 31.9 Å². The normalized spacial score (nSPS) is 18.2. The van der Waals surface area contributed by atoms with E-state index in [-0.39, 0.29) is 5.25 Å². The molecule has 0 spiro atoms. The van der Waals surface area contributed by atoms with Crippen molar-refractivity contribution in [1.29, 1.82) is 0 Å². The highest BCUT2D eigenvalue weighted by atomic mass is 32.2. The van der Waals surface area contributed by atoms with Crippen LogP contribution in [0.4, 0.5) is 0 Å². The molecule has 0 saturated heterocycles. The number of ether oxygens (including phenoxy) is 1. The lowest BCUT2D eigenvalue weighted by Gasteiger charge is -2.19. The third kappa shape index (κ3) is 3.27. The van der Waals surface area contributed by atoms with Crippen molar-refractivity contribution >= 4 is 17.5 Å². The second kappa shape index (κ2) is 7.17. The molecule has 0 N–H and O–H groups in total. The van der Waals surface area contributed by atoms with Crippen molar-refractivity contribution in [2.45, 2.75) is 49.6 Å². The zero-order chi connectivity index (χ0) is 16.2. The molecule has 1 atom stereocenters. The van der Waals surface area contributed by atoms with E-state index in [0.29, 0.717) is 12.2 Å². The summed E-state index contributed by atoms with van der Waals surface area (Å²) in [5.41, 5.74) is 0.922. The van der Waals surface area contributed by atoms with Crippen molar-refractivity contribution in [2.24, 2.45) is 0 Å². The first-order valence-corrected chi connectivity index (χ1v) is 8.88. The minimum Gasteiger partial charge on any atom is -0.496 e. The Bertz CT molecular complexity index is 699. The third-order valence-corrected chi connectivity index (χ3v) is 5.42. The number of hydrogen-bond donors (Lipinski definition) is 0. The fourth-order valence-electron chi connectivity index (χ4n) is 2.89. The van der Waals surface area contributed by atoms with E-state index in [2.05, 4.69) is 21.7 Å². The van der Waals surface area contributed by atoms with E-state index in [1.807, 2.05) is 24.3 Å². The molecule has 1 aliphatic carbocycles. The van der Waals surface area contributed by atoms with E-state index in [1.54, 1.807) is 18.9 Å². The lowest BCUT2D eigenvalue weighted by Crippen LogP contribution is -2.21. The summed E-state index contributed by atoms with van der Waals surface area (Å²) in [6.07, 6.45) is 3.76. The van der Waals surface area contributed by atoms with Gasteiger partial charge in [-0.3, -0.25) is 4.79 Å². The molecule has 5 nitrogen and oxygen atoms in total. The van der Waals surface area contributed by atoms with Crippen LogP contribution < -0.4 is 4.74 Å². The van der Waals surface area contributed by atoms with Gasteiger partial charge in [-0.1, -0.05) is 30.3 Å². The van der Waals surface area contributed by atoms with Crippen molar-refractivity contribution in [2.75, 3.05) is 7.11 Å². The number of para-hydroxylation sites is 1. The number of ketones is 1. The molecule has 1 aliphatic rings. The quantitative estimate of drug-likeness (QED) is 0.838. The number of hydrogen-bond acceptors (Lipinski definition) is 5.